The van der Waals surface area contributed by atoms with Gasteiger partial charge in [0.25, 0.3) is 0 Å². The summed E-state index contributed by atoms with van der Waals surface area (Å²) in [5.41, 5.74) is 15.3. The number of hydrogen-bond acceptors (Lipinski definition) is 2. The molecule has 0 radical (unpaired) electrons. The Morgan fingerprint density at radius 2 is 0.974 bits per heavy atom. The molecule has 0 aliphatic carbocycles. The van der Waals surface area contributed by atoms with E-state index in [0.717, 1.165) is 28.3 Å². The molecule has 0 aliphatic rings. The topological polar surface area (TPSA) is 24.9 Å². The molecule has 2 nitrogen and oxygen atoms in total. The van der Waals surface area contributed by atoms with Crippen LogP contribution < -0.4 is 5.32 Å². The van der Waals surface area contributed by atoms with Crippen molar-refractivity contribution in [1.82, 2.24) is 4.98 Å². The van der Waals surface area contributed by atoms with Crippen LogP contribution in [0.25, 0.3) is 33.6 Å². The van der Waals surface area contributed by atoms with Gasteiger partial charge in [0, 0.05) is 22.5 Å². The fourth-order valence-electron chi connectivity index (χ4n) is 5.14. The average Bonchev–Trinajstić information content (AvgIpc) is 2.89. The molecule has 1 aromatic heterocycles. The van der Waals surface area contributed by atoms with Gasteiger partial charge in [-0.05, 0) is 97.3 Å². The van der Waals surface area contributed by atoms with E-state index in [0.29, 0.717) is 0 Å². The Labute approximate surface area is 233 Å². The Balaban J connectivity index is 1.51. The zero-order valence-corrected chi connectivity index (χ0v) is 24.2. The highest BCUT2D eigenvalue weighted by Gasteiger charge is 2.14. The van der Waals surface area contributed by atoms with Gasteiger partial charge >= 0.3 is 0 Å². The molecule has 0 spiro atoms. The molecule has 0 saturated carbocycles. The third kappa shape index (κ3) is 5.96. The third-order valence-corrected chi connectivity index (χ3v) is 7.40. The van der Waals surface area contributed by atoms with Crippen molar-refractivity contribution in [3.8, 4) is 33.6 Å². The summed E-state index contributed by atoms with van der Waals surface area (Å²) in [6, 6.07) is 35.0. The molecule has 0 atom stereocenters. The van der Waals surface area contributed by atoms with Gasteiger partial charge in [-0.3, -0.25) is 0 Å². The van der Waals surface area contributed by atoms with Crippen LogP contribution in [0.15, 0.2) is 97.1 Å². The molecular formula is C37H38N2. The number of hydrogen-bond donors (Lipinski definition) is 1. The van der Waals surface area contributed by atoms with Crippen molar-refractivity contribution in [3.63, 3.8) is 0 Å². The average molecular weight is 511 g/mol. The summed E-state index contributed by atoms with van der Waals surface area (Å²) < 4.78 is 0. The summed E-state index contributed by atoms with van der Waals surface area (Å²) in [5.74, 6) is 0. The van der Waals surface area contributed by atoms with Crippen molar-refractivity contribution in [3.05, 3.63) is 125 Å². The third-order valence-electron chi connectivity index (χ3n) is 7.40. The minimum atomic E-state index is 0.149. The first-order valence-electron chi connectivity index (χ1n) is 13.7. The first-order chi connectivity index (χ1) is 18.6. The normalized spacial score (nSPS) is 11.5. The Bertz CT molecular complexity index is 1550. The summed E-state index contributed by atoms with van der Waals surface area (Å²) in [5, 5.41) is 3.55. The smallest absolute Gasteiger partial charge is 0.0718 e. The van der Waals surface area contributed by atoms with E-state index in [1.165, 1.54) is 44.5 Å². The number of aryl methyl sites for hydroxylation is 4. The maximum Gasteiger partial charge on any atom is 0.0718 e. The molecule has 5 aromatic rings. The molecule has 0 unspecified atom stereocenters. The first-order valence-corrected chi connectivity index (χ1v) is 13.7. The summed E-state index contributed by atoms with van der Waals surface area (Å²) >= 11 is 0. The fourth-order valence-corrected chi connectivity index (χ4v) is 5.14. The van der Waals surface area contributed by atoms with Crippen LogP contribution in [0, 0.1) is 27.7 Å². The molecule has 0 amide bonds. The maximum absolute atomic E-state index is 5.17. The van der Waals surface area contributed by atoms with Gasteiger partial charge in [-0.1, -0.05) is 92.6 Å². The van der Waals surface area contributed by atoms with Gasteiger partial charge in [0.15, 0.2) is 0 Å². The highest BCUT2D eigenvalue weighted by atomic mass is 14.9. The van der Waals surface area contributed by atoms with E-state index in [-0.39, 0.29) is 5.41 Å². The molecule has 1 heterocycles. The number of pyridine rings is 1. The predicted octanol–water partition coefficient (Wildman–Crippen LogP) is 10.4. The van der Waals surface area contributed by atoms with E-state index in [9.17, 15) is 0 Å². The zero-order valence-electron chi connectivity index (χ0n) is 24.2. The van der Waals surface area contributed by atoms with E-state index >= 15 is 0 Å². The fraction of sp³-hybridized carbons (Fsp3) is 0.216. The summed E-state index contributed by atoms with van der Waals surface area (Å²) in [6.45, 7) is 15.3. The second-order valence-electron chi connectivity index (χ2n) is 11.8. The van der Waals surface area contributed by atoms with Gasteiger partial charge in [-0.2, -0.15) is 0 Å². The van der Waals surface area contributed by atoms with Crippen molar-refractivity contribution in [2.45, 2.75) is 53.9 Å². The van der Waals surface area contributed by atoms with Crippen LogP contribution in [0.1, 0.15) is 48.6 Å². The minimum absolute atomic E-state index is 0.149. The molecule has 4 aromatic carbocycles. The lowest BCUT2D eigenvalue weighted by Gasteiger charge is -2.19. The number of benzene rings is 4. The lowest BCUT2D eigenvalue weighted by atomic mass is 9.87. The second kappa shape index (κ2) is 10.5. The lowest BCUT2D eigenvalue weighted by Crippen LogP contribution is -2.10. The van der Waals surface area contributed by atoms with E-state index in [4.69, 9.17) is 4.98 Å². The molecule has 0 bridgehead atoms. The highest BCUT2D eigenvalue weighted by molar-refractivity contribution is 5.79. The van der Waals surface area contributed by atoms with Crippen molar-refractivity contribution < 1.29 is 0 Å². The van der Waals surface area contributed by atoms with Crippen LogP contribution in [0.5, 0.6) is 0 Å². The Morgan fingerprint density at radius 3 is 1.41 bits per heavy atom. The van der Waals surface area contributed by atoms with Gasteiger partial charge in [0.05, 0.1) is 11.4 Å². The van der Waals surface area contributed by atoms with Crippen LogP contribution in [0.4, 0.5) is 11.4 Å². The molecule has 39 heavy (non-hydrogen) atoms. The van der Waals surface area contributed by atoms with Crippen LogP contribution in [-0.2, 0) is 5.41 Å². The molecule has 2 heteroatoms. The number of nitrogens with one attached hydrogen (secondary N) is 1. The van der Waals surface area contributed by atoms with Crippen LogP contribution >= 0.6 is 0 Å². The van der Waals surface area contributed by atoms with Crippen LogP contribution in [-0.4, -0.2) is 4.98 Å². The Hall–Kier alpha value is -4.17. The van der Waals surface area contributed by atoms with Gasteiger partial charge in [-0.25, -0.2) is 4.98 Å². The summed E-state index contributed by atoms with van der Waals surface area (Å²) in [4.78, 5) is 5.17. The molecule has 1 N–H and O–H groups in total. The van der Waals surface area contributed by atoms with Crippen molar-refractivity contribution >= 4 is 11.4 Å². The molecule has 0 aliphatic heterocycles. The number of rotatable bonds is 5. The van der Waals surface area contributed by atoms with Gasteiger partial charge in [-0.15, -0.1) is 0 Å². The van der Waals surface area contributed by atoms with Crippen molar-refractivity contribution in [2.24, 2.45) is 0 Å². The Morgan fingerprint density at radius 1 is 0.513 bits per heavy atom. The Kier molecular flexibility index (Phi) is 7.14. The quantitative estimate of drug-likeness (QED) is 0.254. The minimum Gasteiger partial charge on any atom is -0.356 e. The molecule has 0 saturated heterocycles. The van der Waals surface area contributed by atoms with E-state index in [1.54, 1.807) is 0 Å². The van der Waals surface area contributed by atoms with Gasteiger partial charge in [0.1, 0.15) is 0 Å². The van der Waals surface area contributed by atoms with Crippen molar-refractivity contribution in [2.75, 3.05) is 5.32 Å². The van der Waals surface area contributed by atoms with Crippen molar-refractivity contribution in [1.29, 1.82) is 0 Å². The monoisotopic (exact) mass is 510 g/mol. The summed E-state index contributed by atoms with van der Waals surface area (Å²) in [6.07, 6.45) is 0. The largest absolute Gasteiger partial charge is 0.356 e. The number of nitrogens with zero attached hydrogens (tertiary/aromatic N) is 1. The number of aromatic nitrogens is 1. The predicted molar refractivity (Wildman–Crippen MR) is 168 cm³/mol. The second-order valence-corrected chi connectivity index (χ2v) is 11.8. The van der Waals surface area contributed by atoms with Crippen LogP contribution in [0.2, 0.25) is 0 Å². The maximum atomic E-state index is 5.17. The number of anilines is 2. The standard InChI is InChI=1S/C37H38N2/c1-24-8-18-33(26(3)20-24)35-22-29(23-36(39-35)34-19-9-25(2)21-27(34)4)28-10-14-31(15-11-28)38-32-16-12-30(13-17-32)37(5,6)7/h8-23,38H,1-7H3. The SMILES string of the molecule is Cc1ccc(-c2cc(-c3ccc(Nc4ccc(C(C)(C)C)cc4)cc3)cc(-c3ccc(C)cc3C)n2)c(C)c1. The van der Waals surface area contributed by atoms with Gasteiger partial charge in [0.2, 0.25) is 0 Å². The molecule has 5 rings (SSSR count). The first kappa shape index (κ1) is 26.4. The summed E-state index contributed by atoms with van der Waals surface area (Å²) in [7, 11) is 0. The molecule has 0 fully saturated rings. The molecule has 196 valence electrons. The highest BCUT2D eigenvalue weighted by Crippen LogP contribution is 2.34. The van der Waals surface area contributed by atoms with E-state index < -0.39 is 0 Å². The zero-order chi connectivity index (χ0) is 27.7. The van der Waals surface area contributed by atoms with E-state index in [2.05, 4.69) is 151 Å². The lowest BCUT2D eigenvalue weighted by molar-refractivity contribution is 0.590. The van der Waals surface area contributed by atoms with E-state index in [1.807, 2.05) is 0 Å². The molecular weight excluding hydrogens is 472 g/mol. The van der Waals surface area contributed by atoms with Crippen LogP contribution in [0.3, 0.4) is 0 Å². The van der Waals surface area contributed by atoms with Gasteiger partial charge < -0.3 is 5.32 Å².